The standard InChI is InChI=1S/C21H16N2O4/c24-13-16-3-1-2-4-19(16)26-18-11-7-14(8-12-18)20-22-21(27-23-20)15-5-9-17(25)10-6-15/h1-12,24-25H,13H2. The molecule has 134 valence electrons. The lowest BCUT2D eigenvalue weighted by molar-refractivity contribution is 0.276. The Morgan fingerprint density at radius 1 is 0.852 bits per heavy atom. The second-order valence-electron chi connectivity index (χ2n) is 5.86. The summed E-state index contributed by atoms with van der Waals surface area (Å²) >= 11 is 0. The first-order valence-corrected chi connectivity index (χ1v) is 8.33. The van der Waals surface area contributed by atoms with Crippen molar-refractivity contribution in [3.63, 3.8) is 0 Å². The van der Waals surface area contributed by atoms with Gasteiger partial charge < -0.3 is 19.5 Å². The average Bonchev–Trinajstić information content (AvgIpc) is 3.20. The smallest absolute Gasteiger partial charge is 0.258 e. The van der Waals surface area contributed by atoms with Gasteiger partial charge in [0.05, 0.1) is 6.61 Å². The minimum atomic E-state index is -0.0862. The maximum atomic E-state index is 9.38. The minimum absolute atomic E-state index is 0.0862. The zero-order valence-corrected chi connectivity index (χ0v) is 14.2. The van der Waals surface area contributed by atoms with Crippen LogP contribution in [0.1, 0.15) is 5.56 Å². The highest BCUT2D eigenvalue weighted by atomic mass is 16.5. The molecule has 2 N–H and O–H groups in total. The molecule has 3 aromatic carbocycles. The topological polar surface area (TPSA) is 88.6 Å². The van der Waals surface area contributed by atoms with Gasteiger partial charge in [0, 0.05) is 16.7 Å². The van der Waals surface area contributed by atoms with Gasteiger partial charge in [-0.3, -0.25) is 0 Å². The zero-order chi connectivity index (χ0) is 18.6. The number of aliphatic hydroxyl groups excluding tert-OH is 1. The van der Waals surface area contributed by atoms with Crippen LogP contribution in [0.5, 0.6) is 17.2 Å². The van der Waals surface area contributed by atoms with Gasteiger partial charge in [-0.25, -0.2) is 0 Å². The van der Waals surface area contributed by atoms with Crippen LogP contribution in [0.25, 0.3) is 22.8 Å². The Morgan fingerprint density at radius 3 is 2.30 bits per heavy atom. The molecule has 0 saturated heterocycles. The quantitative estimate of drug-likeness (QED) is 0.549. The molecule has 0 amide bonds. The van der Waals surface area contributed by atoms with Crippen molar-refractivity contribution in [2.45, 2.75) is 6.61 Å². The number of para-hydroxylation sites is 1. The summed E-state index contributed by atoms with van der Waals surface area (Å²) in [5.74, 6) is 2.27. The first-order chi connectivity index (χ1) is 13.2. The molecule has 0 unspecified atom stereocenters. The van der Waals surface area contributed by atoms with Gasteiger partial charge in [-0.2, -0.15) is 4.98 Å². The number of rotatable bonds is 5. The van der Waals surface area contributed by atoms with Gasteiger partial charge in [0.2, 0.25) is 5.82 Å². The molecule has 6 nitrogen and oxygen atoms in total. The number of phenols is 1. The normalized spacial score (nSPS) is 10.7. The number of benzene rings is 3. The third-order valence-electron chi connectivity index (χ3n) is 4.02. The molecular formula is C21H16N2O4. The van der Waals surface area contributed by atoms with Crippen LogP contribution in [0.4, 0.5) is 0 Å². The van der Waals surface area contributed by atoms with E-state index in [0.29, 0.717) is 23.2 Å². The second-order valence-corrected chi connectivity index (χ2v) is 5.86. The molecule has 0 bridgehead atoms. The van der Waals surface area contributed by atoms with Crippen LogP contribution in [0.15, 0.2) is 77.3 Å². The fourth-order valence-corrected chi connectivity index (χ4v) is 2.60. The third-order valence-corrected chi connectivity index (χ3v) is 4.02. The molecule has 0 fully saturated rings. The van der Waals surface area contributed by atoms with Crippen molar-refractivity contribution >= 4 is 0 Å². The van der Waals surface area contributed by atoms with Gasteiger partial charge in [-0.1, -0.05) is 23.4 Å². The number of aromatic nitrogens is 2. The highest BCUT2D eigenvalue weighted by Crippen LogP contribution is 2.28. The first kappa shape index (κ1) is 16.8. The van der Waals surface area contributed by atoms with Crippen LogP contribution in [0.2, 0.25) is 0 Å². The zero-order valence-electron chi connectivity index (χ0n) is 14.2. The number of aliphatic hydroxyl groups is 1. The summed E-state index contributed by atoms with van der Waals surface area (Å²) < 4.78 is 11.1. The van der Waals surface area contributed by atoms with Gasteiger partial charge in [-0.05, 0) is 54.6 Å². The Labute approximate surface area is 155 Å². The van der Waals surface area contributed by atoms with Crippen LogP contribution < -0.4 is 4.74 Å². The molecule has 27 heavy (non-hydrogen) atoms. The Morgan fingerprint density at radius 2 is 1.56 bits per heavy atom. The van der Waals surface area contributed by atoms with Crippen LogP contribution in [-0.2, 0) is 6.61 Å². The summed E-state index contributed by atoms with van der Waals surface area (Å²) in [4.78, 5) is 4.39. The molecule has 0 saturated carbocycles. The molecule has 0 aliphatic heterocycles. The maximum absolute atomic E-state index is 9.38. The molecule has 6 heteroatoms. The number of ether oxygens (including phenoxy) is 1. The Bertz CT molecular complexity index is 1040. The van der Waals surface area contributed by atoms with Gasteiger partial charge >= 0.3 is 0 Å². The molecule has 0 aliphatic carbocycles. The van der Waals surface area contributed by atoms with E-state index in [2.05, 4.69) is 10.1 Å². The molecule has 1 aromatic heterocycles. The highest BCUT2D eigenvalue weighted by molar-refractivity contribution is 5.61. The summed E-state index contributed by atoms with van der Waals surface area (Å²) in [6.45, 7) is -0.0862. The van der Waals surface area contributed by atoms with Crippen molar-refractivity contribution in [2.24, 2.45) is 0 Å². The van der Waals surface area contributed by atoms with Gasteiger partial charge in [-0.15, -0.1) is 0 Å². The van der Waals surface area contributed by atoms with E-state index >= 15 is 0 Å². The van der Waals surface area contributed by atoms with E-state index in [1.54, 1.807) is 36.4 Å². The largest absolute Gasteiger partial charge is 0.508 e. The lowest BCUT2D eigenvalue weighted by Crippen LogP contribution is -1.91. The van der Waals surface area contributed by atoms with Crippen LogP contribution in [-0.4, -0.2) is 20.4 Å². The van der Waals surface area contributed by atoms with Crippen molar-refractivity contribution in [3.05, 3.63) is 78.4 Å². The van der Waals surface area contributed by atoms with Crippen LogP contribution in [0.3, 0.4) is 0 Å². The van der Waals surface area contributed by atoms with Crippen molar-refractivity contribution in [1.29, 1.82) is 0 Å². The predicted molar refractivity (Wildman–Crippen MR) is 99.3 cm³/mol. The average molecular weight is 360 g/mol. The highest BCUT2D eigenvalue weighted by Gasteiger charge is 2.11. The molecule has 0 aliphatic rings. The monoisotopic (exact) mass is 360 g/mol. The molecular weight excluding hydrogens is 344 g/mol. The number of aromatic hydroxyl groups is 1. The number of hydrogen-bond acceptors (Lipinski definition) is 6. The van der Waals surface area contributed by atoms with E-state index < -0.39 is 0 Å². The maximum Gasteiger partial charge on any atom is 0.258 e. The van der Waals surface area contributed by atoms with E-state index in [9.17, 15) is 10.2 Å². The van der Waals surface area contributed by atoms with E-state index in [1.807, 2.05) is 36.4 Å². The number of nitrogens with zero attached hydrogens (tertiary/aromatic N) is 2. The summed E-state index contributed by atoms with van der Waals surface area (Å²) in [6, 6.07) is 21.2. The van der Waals surface area contributed by atoms with Gasteiger partial charge in [0.15, 0.2) is 0 Å². The summed E-state index contributed by atoms with van der Waals surface area (Å²) in [5.41, 5.74) is 2.23. The van der Waals surface area contributed by atoms with Crippen molar-refractivity contribution in [1.82, 2.24) is 10.1 Å². The van der Waals surface area contributed by atoms with Crippen LogP contribution in [0, 0.1) is 0 Å². The van der Waals surface area contributed by atoms with Gasteiger partial charge in [0.1, 0.15) is 17.2 Å². The SMILES string of the molecule is OCc1ccccc1Oc1ccc(-c2noc(-c3ccc(O)cc3)n2)cc1. The van der Waals surface area contributed by atoms with E-state index in [4.69, 9.17) is 9.26 Å². The van der Waals surface area contributed by atoms with Crippen molar-refractivity contribution in [3.8, 4) is 40.1 Å². The van der Waals surface area contributed by atoms with E-state index in [-0.39, 0.29) is 12.4 Å². The molecule has 0 atom stereocenters. The number of hydrogen-bond donors (Lipinski definition) is 2. The Kier molecular flexibility index (Phi) is 4.55. The summed E-state index contributed by atoms with van der Waals surface area (Å²) in [7, 11) is 0. The van der Waals surface area contributed by atoms with Gasteiger partial charge in [0.25, 0.3) is 5.89 Å². The minimum Gasteiger partial charge on any atom is -0.508 e. The Hall–Kier alpha value is -3.64. The van der Waals surface area contributed by atoms with Crippen LogP contribution >= 0.6 is 0 Å². The molecule has 0 spiro atoms. The molecule has 0 radical (unpaired) electrons. The molecule has 1 heterocycles. The second kappa shape index (κ2) is 7.31. The van der Waals surface area contributed by atoms with Crippen molar-refractivity contribution in [2.75, 3.05) is 0 Å². The third kappa shape index (κ3) is 3.65. The van der Waals surface area contributed by atoms with Crippen molar-refractivity contribution < 1.29 is 19.5 Å². The lowest BCUT2D eigenvalue weighted by Gasteiger charge is -2.09. The summed E-state index contributed by atoms with van der Waals surface area (Å²) in [5, 5.41) is 22.7. The fraction of sp³-hybridized carbons (Fsp3) is 0.0476. The molecule has 4 aromatic rings. The lowest BCUT2D eigenvalue weighted by atomic mass is 10.2. The first-order valence-electron chi connectivity index (χ1n) is 8.33. The molecule has 4 rings (SSSR count). The summed E-state index contributed by atoms with van der Waals surface area (Å²) in [6.07, 6.45) is 0. The fourth-order valence-electron chi connectivity index (χ4n) is 2.60. The predicted octanol–water partition coefficient (Wildman–Crippen LogP) is 4.39. The van der Waals surface area contributed by atoms with E-state index in [0.717, 1.165) is 16.7 Å². The number of phenolic OH excluding ortho intramolecular Hbond substituents is 1. The Balaban J connectivity index is 1.53. The van der Waals surface area contributed by atoms with E-state index in [1.165, 1.54) is 0 Å².